The first-order chi connectivity index (χ1) is 12.8. The van der Waals surface area contributed by atoms with Crippen molar-refractivity contribution in [2.75, 3.05) is 23.5 Å². The highest BCUT2D eigenvalue weighted by Gasteiger charge is 2.14. The summed E-state index contributed by atoms with van der Waals surface area (Å²) in [4.78, 5) is 5.04. The maximum Gasteiger partial charge on any atom is 0.0469 e. The van der Waals surface area contributed by atoms with E-state index in [1.807, 2.05) is 35.7 Å². The van der Waals surface area contributed by atoms with Gasteiger partial charge in [-0.05, 0) is 22.3 Å². The summed E-state index contributed by atoms with van der Waals surface area (Å²) < 4.78 is 0. The van der Waals surface area contributed by atoms with E-state index >= 15 is 0 Å². The van der Waals surface area contributed by atoms with Crippen molar-refractivity contribution < 1.29 is 0 Å². The van der Waals surface area contributed by atoms with Gasteiger partial charge in [-0.1, -0.05) is 73.8 Å². The predicted molar refractivity (Wildman–Crippen MR) is 119 cm³/mol. The fourth-order valence-electron chi connectivity index (χ4n) is 3.01. The molecule has 0 N–H and O–H groups in total. The number of nitrogens with zero attached hydrogens (tertiary/aromatic N) is 2. The fraction of sp³-hybridized carbons (Fsp3) is 0.273. The number of hydrogen-bond acceptors (Lipinski definition) is 4. The minimum absolute atomic E-state index is 1.00. The second-order valence-electron chi connectivity index (χ2n) is 6.48. The Bertz CT molecular complexity index is 673. The largest absolute Gasteiger partial charge is 0.281 e. The van der Waals surface area contributed by atoms with Gasteiger partial charge in [0.1, 0.15) is 0 Å². The topological polar surface area (TPSA) is 6.48 Å². The van der Waals surface area contributed by atoms with Crippen LogP contribution in [0.15, 0.2) is 61.7 Å². The Morgan fingerprint density at radius 1 is 0.731 bits per heavy atom. The Hall–Kier alpha value is -1.46. The maximum atomic E-state index is 3.87. The lowest BCUT2D eigenvalue weighted by Crippen LogP contribution is -2.31. The SMILES string of the molecule is C=Cc1cccc(CN2CSCN(Cc3cccc(C=C)c3)CSC2)c1. The molecule has 1 aliphatic heterocycles. The van der Waals surface area contributed by atoms with Crippen molar-refractivity contribution in [3.8, 4) is 0 Å². The molecular weight excluding hydrogens is 356 g/mol. The number of thioether (sulfide) groups is 2. The quantitative estimate of drug-likeness (QED) is 0.642. The third kappa shape index (κ3) is 5.78. The number of benzene rings is 2. The van der Waals surface area contributed by atoms with Gasteiger partial charge < -0.3 is 0 Å². The molecule has 1 aliphatic rings. The molecule has 0 radical (unpaired) electrons. The Kier molecular flexibility index (Phi) is 7.44. The Morgan fingerprint density at radius 3 is 1.54 bits per heavy atom. The molecule has 0 bridgehead atoms. The Labute approximate surface area is 166 Å². The molecule has 0 unspecified atom stereocenters. The molecule has 0 aliphatic carbocycles. The van der Waals surface area contributed by atoms with E-state index in [2.05, 4.69) is 71.5 Å². The van der Waals surface area contributed by atoms with E-state index < -0.39 is 0 Å². The summed E-state index contributed by atoms with van der Waals surface area (Å²) in [6.07, 6.45) is 3.83. The molecule has 136 valence electrons. The van der Waals surface area contributed by atoms with Crippen LogP contribution in [0.1, 0.15) is 22.3 Å². The van der Waals surface area contributed by atoms with Gasteiger partial charge in [0, 0.05) is 36.6 Å². The third-order valence-electron chi connectivity index (χ3n) is 4.28. The van der Waals surface area contributed by atoms with Crippen molar-refractivity contribution in [2.45, 2.75) is 13.1 Å². The van der Waals surface area contributed by atoms with Crippen LogP contribution in [0.2, 0.25) is 0 Å². The molecule has 0 saturated carbocycles. The molecule has 0 aromatic heterocycles. The lowest BCUT2D eigenvalue weighted by atomic mass is 10.1. The standard InChI is InChI=1S/C22H26N2S2/c1-3-19-7-5-9-21(11-19)13-23-15-25-17-24(18-26-16-23)14-22-10-6-8-20(4-2)12-22/h3-12H,1-2,13-18H2. The molecule has 1 heterocycles. The highest BCUT2D eigenvalue weighted by atomic mass is 32.2. The van der Waals surface area contributed by atoms with E-state index in [1.165, 1.54) is 22.3 Å². The average Bonchev–Trinajstić information content (AvgIpc) is 2.66. The van der Waals surface area contributed by atoms with Gasteiger partial charge in [-0.15, -0.1) is 23.5 Å². The molecule has 1 saturated heterocycles. The van der Waals surface area contributed by atoms with Gasteiger partial charge >= 0.3 is 0 Å². The van der Waals surface area contributed by atoms with Crippen molar-refractivity contribution in [3.63, 3.8) is 0 Å². The Morgan fingerprint density at radius 2 is 1.15 bits per heavy atom. The van der Waals surface area contributed by atoms with Gasteiger partial charge in [0.15, 0.2) is 0 Å². The monoisotopic (exact) mass is 382 g/mol. The molecule has 0 atom stereocenters. The zero-order chi connectivity index (χ0) is 18.2. The van der Waals surface area contributed by atoms with Gasteiger partial charge in [-0.3, -0.25) is 9.80 Å². The van der Waals surface area contributed by atoms with E-state index in [-0.39, 0.29) is 0 Å². The first-order valence-corrected chi connectivity index (χ1v) is 11.1. The average molecular weight is 383 g/mol. The minimum Gasteiger partial charge on any atom is -0.281 e. The second kappa shape index (κ2) is 10.0. The van der Waals surface area contributed by atoms with Crippen LogP contribution in [-0.4, -0.2) is 33.3 Å². The maximum absolute atomic E-state index is 3.87. The normalized spacial score (nSPS) is 16.6. The van der Waals surface area contributed by atoms with Crippen LogP contribution in [0.4, 0.5) is 0 Å². The van der Waals surface area contributed by atoms with Crippen molar-refractivity contribution in [1.82, 2.24) is 9.80 Å². The van der Waals surface area contributed by atoms with Crippen LogP contribution in [0.5, 0.6) is 0 Å². The highest BCUT2D eigenvalue weighted by molar-refractivity contribution is 8.00. The van der Waals surface area contributed by atoms with Crippen molar-refractivity contribution >= 4 is 35.7 Å². The molecule has 2 aromatic rings. The molecule has 4 heteroatoms. The lowest BCUT2D eigenvalue weighted by Gasteiger charge is -2.29. The summed E-state index contributed by atoms with van der Waals surface area (Å²) in [5.74, 6) is 4.26. The summed E-state index contributed by atoms with van der Waals surface area (Å²) in [6, 6.07) is 17.3. The van der Waals surface area contributed by atoms with Gasteiger partial charge in [-0.2, -0.15) is 0 Å². The van der Waals surface area contributed by atoms with Crippen molar-refractivity contribution in [2.24, 2.45) is 0 Å². The molecule has 1 fully saturated rings. The van der Waals surface area contributed by atoms with Crippen LogP contribution < -0.4 is 0 Å². The van der Waals surface area contributed by atoms with Gasteiger partial charge in [0.05, 0.1) is 0 Å². The molecule has 2 aromatic carbocycles. The van der Waals surface area contributed by atoms with E-state index in [4.69, 9.17) is 0 Å². The summed E-state index contributed by atoms with van der Waals surface area (Å²) >= 11 is 4.00. The highest BCUT2D eigenvalue weighted by Crippen LogP contribution is 2.22. The first kappa shape index (κ1) is 19.3. The van der Waals surface area contributed by atoms with E-state index in [0.29, 0.717) is 0 Å². The summed E-state index contributed by atoms with van der Waals surface area (Å²) in [6.45, 7) is 9.74. The van der Waals surface area contributed by atoms with Crippen LogP contribution in [0.25, 0.3) is 12.2 Å². The fourth-order valence-corrected chi connectivity index (χ4v) is 5.17. The van der Waals surface area contributed by atoms with Crippen LogP contribution in [-0.2, 0) is 13.1 Å². The second-order valence-corrected chi connectivity index (χ2v) is 8.33. The molecule has 2 nitrogen and oxygen atoms in total. The van der Waals surface area contributed by atoms with Crippen LogP contribution >= 0.6 is 23.5 Å². The van der Waals surface area contributed by atoms with Gasteiger partial charge in [0.25, 0.3) is 0 Å². The molecule has 26 heavy (non-hydrogen) atoms. The van der Waals surface area contributed by atoms with Gasteiger partial charge in [0.2, 0.25) is 0 Å². The van der Waals surface area contributed by atoms with E-state index in [9.17, 15) is 0 Å². The van der Waals surface area contributed by atoms with E-state index in [0.717, 1.165) is 36.6 Å². The zero-order valence-corrected chi connectivity index (χ0v) is 16.8. The van der Waals surface area contributed by atoms with E-state index in [1.54, 1.807) is 0 Å². The number of hydrogen-bond donors (Lipinski definition) is 0. The van der Waals surface area contributed by atoms with Crippen LogP contribution in [0, 0.1) is 0 Å². The zero-order valence-electron chi connectivity index (χ0n) is 15.1. The molecule has 3 rings (SSSR count). The summed E-state index contributed by atoms with van der Waals surface area (Å²) in [7, 11) is 0. The summed E-state index contributed by atoms with van der Waals surface area (Å²) in [5.41, 5.74) is 5.12. The third-order valence-corrected chi connectivity index (χ3v) is 6.47. The Balaban J connectivity index is 1.51. The first-order valence-electron chi connectivity index (χ1n) is 8.80. The smallest absolute Gasteiger partial charge is 0.0469 e. The molecule has 0 amide bonds. The number of rotatable bonds is 6. The lowest BCUT2D eigenvalue weighted by molar-refractivity contribution is 0.341. The molecule has 0 spiro atoms. The van der Waals surface area contributed by atoms with Crippen LogP contribution in [0.3, 0.4) is 0 Å². The predicted octanol–water partition coefficient (Wildman–Crippen LogP) is 5.59. The van der Waals surface area contributed by atoms with Gasteiger partial charge in [-0.25, -0.2) is 0 Å². The minimum atomic E-state index is 1.00. The summed E-state index contributed by atoms with van der Waals surface area (Å²) in [5, 5.41) is 0. The van der Waals surface area contributed by atoms with Crippen molar-refractivity contribution in [3.05, 3.63) is 83.9 Å². The van der Waals surface area contributed by atoms with Crippen molar-refractivity contribution in [1.29, 1.82) is 0 Å². The molecular formula is C22H26N2S2.